The SMILES string of the molecule is CCOCCNC(=NC)NCc1cccc(C#N)c1. The van der Waals surface area contributed by atoms with Crippen LogP contribution in [-0.2, 0) is 11.3 Å². The van der Waals surface area contributed by atoms with Gasteiger partial charge in [0, 0.05) is 26.7 Å². The lowest BCUT2D eigenvalue weighted by molar-refractivity contribution is 0.152. The van der Waals surface area contributed by atoms with E-state index in [4.69, 9.17) is 10.00 Å². The molecule has 1 rings (SSSR count). The maximum Gasteiger partial charge on any atom is 0.191 e. The summed E-state index contributed by atoms with van der Waals surface area (Å²) in [5.74, 6) is 0.724. The summed E-state index contributed by atoms with van der Waals surface area (Å²) in [6.45, 7) is 4.68. The van der Waals surface area contributed by atoms with E-state index in [1.807, 2.05) is 25.1 Å². The van der Waals surface area contributed by atoms with Crippen LogP contribution in [0.3, 0.4) is 0 Å². The first-order valence-electron chi connectivity index (χ1n) is 6.31. The summed E-state index contributed by atoms with van der Waals surface area (Å²) in [6.07, 6.45) is 0. The fraction of sp³-hybridized carbons (Fsp3) is 0.429. The normalized spacial score (nSPS) is 10.9. The number of benzene rings is 1. The van der Waals surface area contributed by atoms with Crippen molar-refractivity contribution >= 4 is 5.96 Å². The summed E-state index contributed by atoms with van der Waals surface area (Å²) in [4.78, 5) is 4.12. The second-order valence-corrected chi connectivity index (χ2v) is 3.86. The van der Waals surface area contributed by atoms with Gasteiger partial charge in [-0.3, -0.25) is 4.99 Å². The Labute approximate surface area is 114 Å². The van der Waals surface area contributed by atoms with Gasteiger partial charge < -0.3 is 15.4 Å². The van der Waals surface area contributed by atoms with Gasteiger partial charge in [0.1, 0.15) is 0 Å². The Morgan fingerprint density at radius 2 is 2.26 bits per heavy atom. The zero-order valence-corrected chi connectivity index (χ0v) is 11.4. The fourth-order valence-corrected chi connectivity index (χ4v) is 1.54. The molecular formula is C14H20N4O. The Morgan fingerprint density at radius 3 is 2.95 bits per heavy atom. The molecule has 2 N–H and O–H groups in total. The second kappa shape index (κ2) is 8.95. The van der Waals surface area contributed by atoms with Gasteiger partial charge in [0.15, 0.2) is 5.96 Å². The number of nitrogens with one attached hydrogen (secondary N) is 2. The van der Waals surface area contributed by atoms with Crippen molar-refractivity contribution in [2.75, 3.05) is 26.8 Å². The highest BCUT2D eigenvalue weighted by Crippen LogP contribution is 2.03. The lowest BCUT2D eigenvalue weighted by Gasteiger charge is -2.11. The smallest absolute Gasteiger partial charge is 0.191 e. The third-order valence-corrected chi connectivity index (χ3v) is 2.48. The number of hydrogen-bond donors (Lipinski definition) is 2. The highest BCUT2D eigenvalue weighted by molar-refractivity contribution is 5.79. The zero-order valence-electron chi connectivity index (χ0n) is 11.4. The summed E-state index contributed by atoms with van der Waals surface area (Å²) in [7, 11) is 1.72. The lowest BCUT2D eigenvalue weighted by atomic mass is 10.1. The monoisotopic (exact) mass is 260 g/mol. The Morgan fingerprint density at radius 1 is 1.42 bits per heavy atom. The van der Waals surface area contributed by atoms with E-state index in [9.17, 15) is 0 Å². The van der Waals surface area contributed by atoms with Gasteiger partial charge in [0.2, 0.25) is 0 Å². The first kappa shape index (κ1) is 15.0. The topological polar surface area (TPSA) is 69.4 Å². The van der Waals surface area contributed by atoms with Crippen LogP contribution in [0.15, 0.2) is 29.3 Å². The molecule has 0 aromatic heterocycles. The number of aliphatic imine (C=N–C) groups is 1. The molecule has 102 valence electrons. The molecule has 0 fully saturated rings. The van der Waals surface area contributed by atoms with E-state index in [0.29, 0.717) is 31.9 Å². The van der Waals surface area contributed by atoms with Gasteiger partial charge in [0.25, 0.3) is 0 Å². The maximum atomic E-state index is 8.83. The van der Waals surface area contributed by atoms with Crippen LogP contribution in [0.4, 0.5) is 0 Å². The summed E-state index contributed by atoms with van der Waals surface area (Å²) in [5.41, 5.74) is 1.71. The van der Waals surface area contributed by atoms with Crippen LogP contribution in [0.2, 0.25) is 0 Å². The molecule has 0 atom stereocenters. The van der Waals surface area contributed by atoms with Crippen molar-refractivity contribution in [1.82, 2.24) is 10.6 Å². The molecule has 0 unspecified atom stereocenters. The van der Waals surface area contributed by atoms with Crippen molar-refractivity contribution in [2.24, 2.45) is 4.99 Å². The molecule has 5 heteroatoms. The number of hydrogen-bond acceptors (Lipinski definition) is 3. The van der Waals surface area contributed by atoms with Crippen molar-refractivity contribution in [3.63, 3.8) is 0 Å². The molecule has 0 radical (unpaired) electrons. The number of rotatable bonds is 6. The van der Waals surface area contributed by atoms with Crippen LogP contribution in [0.25, 0.3) is 0 Å². The zero-order chi connectivity index (χ0) is 13.9. The van der Waals surface area contributed by atoms with Crippen LogP contribution in [-0.4, -0.2) is 32.8 Å². The third-order valence-electron chi connectivity index (χ3n) is 2.48. The Kier molecular flexibility index (Phi) is 7.06. The van der Waals surface area contributed by atoms with Gasteiger partial charge in [-0.2, -0.15) is 5.26 Å². The van der Waals surface area contributed by atoms with Crippen molar-refractivity contribution in [3.8, 4) is 6.07 Å². The number of guanidine groups is 1. The van der Waals surface area contributed by atoms with Crippen LogP contribution >= 0.6 is 0 Å². The molecule has 0 aliphatic carbocycles. The van der Waals surface area contributed by atoms with E-state index in [1.165, 1.54) is 0 Å². The molecule has 0 saturated heterocycles. The standard InChI is InChI=1S/C14H20N4O/c1-3-19-8-7-17-14(16-2)18-11-13-6-4-5-12(9-13)10-15/h4-6,9H,3,7-8,11H2,1-2H3,(H2,16,17,18). The minimum atomic E-state index is 0.629. The molecule has 0 aliphatic heterocycles. The van der Waals surface area contributed by atoms with Crippen molar-refractivity contribution in [1.29, 1.82) is 5.26 Å². The van der Waals surface area contributed by atoms with E-state index < -0.39 is 0 Å². The predicted octanol–water partition coefficient (Wildman–Crippen LogP) is 1.26. The Balaban J connectivity index is 2.38. The van der Waals surface area contributed by atoms with E-state index >= 15 is 0 Å². The average molecular weight is 260 g/mol. The van der Waals surface area contributed by atoms with E-state index in [2.05, 4.69) is 21.7 Å². The Bertz CT molecular complexity index is 451. The van der Waals surface area contributed by atoms with Gasteiger partial charge in [-0.05, 0) is 24.6 Å². The van der Waals surface area contributed by atoms with Crippen LogP contribution in [0.5, 0.6) is 0 Å². The van der Waals surface area contributed by atoms with Gasteiger partial charge in [-0.1, -0.05) is 12.1 Å². The first-order valence-corrected chi connectivity index (χ1v) is 6.31. The molecule has 0 aliphatic rings. The molecule has 0 bridgehead atoms. The quantitative estimate of drug-likeness (QED) is 0.459. The van der Waals surface area contributed by atoms with Gasteiger partial charge in [0.05, 0.1) is 18.2 Å². The lowest BCUT2D eigenvalue weighted by Crippen LogP contribution is -2.38. The van der Waals surface area contributed by atoms with Crippen molar-refractivity contribution in [2.45, 2.75) is 13.5 Å². The average Bonchev–Trinajstić information content (AvgIpc) is 2.47. The van der Waals surface area contributed by atoms with E-state index in [-0.39, 0.29) is 0 Å². The van der Waals surface area contributed by atoms with Crippen LogP contribution in [0, 0.1) is 11.3 Å². The number of ether oxygens (including phenoxy) is 1. The highest BCUT2D eigenvalue weighted by Gasteiger charge is 1.99. The molecule has 0 saturated carbocycles. The molecular weight excluding hydrogens is 240 g/mol. The molecule has 0 amide bonds. The van der Waals surface area contributed by atoms with Crippen molar-refractivity contribution in [3.05, 3.63) is 35.4 Å². The summed E-state index contributed by atoms with van der Waals surface area (Å²) >= 11 is 0. The minimum Gasteiger partial charge on any atom is -0.380 e. The molecule has 0 heterocycles. The summed E-state index contributed by atoms with van der Waals surface area (Å²) < 4.78 is 5.24. The predicted molar refractivity (Wildman–Crippen MR) is 75.9 cm³/mol. The van der Waals surface area contributed by atoms with Crippen LogP contribution in [0.1, 0.15) is 18.1 Å². The first-order chi connectivity index (χ1) is 9.30. The number of nitrogens with zero attached hydrogens (tertiary/aromatic N) is 2. The number of nitriles is 1. The third kappa shape index (κ3) is 5.89. The van der Waals surface area contributed by atoms with Crippen LogP contribution < -0.4 is 10.6 Å². The maximum absolute atomic E-state index is 8.83. The van der Waals surface area contributed by atoms with Gasteiger partial charge in [-0.25, -0.2) is 0 Å². The highest BCUT2D eigenvalue weighted by atomic mass is 16.5. The van der Waals surface area contributed by atoms with Gasteiger partial charge >= 0.3 is 0 Å². The molecule has 1 aromatic rings. The molecule has 1 aromatic carbocycles. The molecule has 5 nitrogen and oxygen atoms in total. The Hall–Kier alpha value is -2.06. The summed E-state index contributed by atoms with van der Waals surface area (Å²) in [6, 6.07) is 9.63. The fourth-order valence-electron chi connectivity index (χ4n) is 1.54. The largest absolute Gasteiger partial charge is 0.380 e. The summed E-state index contributed by atoms with van der Waals surface area (Å²) in [5, 5.41) is 15.2. The molecule has 19 heavy (non-hydrogen) atoms. The second-order valence-electron chi connectivity index (χ2n) is 3.86. The van der Waals surface area contributed by atoms with E-state index in [0.717, 1.165) is 11.5 Å². The van der Waals surface area contributed by atoms with Crippen molar-refractivity contribution < 1.29 is 4.74 Å². The minimum absolute atomic E-state index is 0.629. The molecule has 0 spiro atoms. The van der Waals surface area contributed by atoms with E-state index in [1.54, 1.807) is 13.1 Å². The van der Waals surface area contributed by atoms with Gasteiger partial charge in [-0.15, -0.1) is 0 Å².